The van der Waals surface area contributed by atoms with Crippen LogP contribution in [0.15, 0.2) is 64.9 Å². The lowest BCUT2D eigenvalue weighted by Crippen LogP contribution is -2.36. The number of carbonyl (C=O) groups is 1. The highest BCUT2D eigenvalue weighted by Gasteiger charge is 2.28. The van der Waals surface area contributed by atoms with Gasteiger partial charge < -0.3 is 14.6 Å². The molecule has 0 radical (unpaired) electrons. The third kappa shape index (κ3) is 3.79. The van der Waals surface area contributed by atoms with E-state index in [1.807, 2.05) is 52.9 Å². The van der Waals surface area contributed by atoms with Crippen LogP contribution in [0.4, 0.5) is 0 Å². The van der Waals surface area contributed by atoms with Crippen LogP contribution < -0.4 is 5.56 Å². The van der Waals surface area contributed by atoms with Gasteiger partial charge in [0.2, 0.25) is 0 Å². The second kappa shape index (κ2) is 9.06. The Hall–Kier alpha value is -4.04. The Morgan fingerprint density at radius 1 is 1.13 bits per heavy atom. The summed E-state index contributed by atoms with van der Waals surface area (Å²) >= 11 is 0. The van der Waals surface area contributed by atoms with Crippen LogP contribution in [0, 0.1) is 6.92 Å². The van der Waals surface area contributed by atoms with E-state index in [2.05, 4.69) is 21.0 Å². The molecule has 5 heterocycles. The van der Waals surface area contributed by atoms with E-state index in [1.165, 1.54) is 22.3 Å². The monoisotopic (exact) mass is 507 g/mol. The van der Waals surface area contributed by atoms with E-state index in [0.717, 1.165) is 42.6 Å². The van der Waals surface area contributed by atoms with Crippen molar-refractivity contribution in [3.05, 3.63) is 92.9 Å². The van der Waals surface area contributed by atoms with Crippen molar-refractivity contribution in [3.63, 3.8) is 0 Å². The number of rotatable bonds is 3. The number of H-pyrrole nitrogens is 1. The summed E-state index contributed by atoms with van der Waals surface area (Å²) < 4.78 is 7.52. The zero-order valence-electron chi connectivity index (χ0n) is 21.4. The molecule has 0 saturated carbocycles. The molecular formula is C30H29N5O3. The molecule has 38 heavy (non-hydrogen) atoms. The molecule has 1 amide bonds. The SMILES string of the molecule is Cc1cc2c(cc1C(=O)N1CCC3=C(C=C(c4ccncc4)C3)C1)[nH]c(=O)c1cnc(C3CCOCC3)n12. The van der Waals surface area contributed by atoms with E-state index in [-0.39, 0.29) is 17.4 Å². The van der Waals surface area contributed by atoms with Crippen LogP contribution in [0.3, 0.4) is 0 Å². The zero-order chi connectivity index (χ0) is 25.8. The molecule has 2 aliphatic heterocycles. The van der Waals surface area contributed by atoms with Crippen molar-refractivity contribution < 1.29 is 9.53 Å². The summed E-state index contributed by atoms with van der Waals surface area (Å²) in [6.45, 7) is 4.67. The summed E-state index contributed by atoms with van der Waals surface area (Å²) in [5.74, 6) is 1.13. The zero-order valence-corrected chi connectivity index (χ0v) is 21.4. The third-order valence-corrected chi connectivity index (χ3v) is 8.26. The fourth-order valence-electron chi connectivity index (χ4n) is 6.18. The molecule has 1 aromatic carbocycles. The van der Waals surface area contributed by atoms with Gasteiger partial charge in [-0.2, -0.15) is 0 Å². The van der Waals surface area contributed by atoms with Gasteiger partial charge in [-0.1, -0.05) is 11.6 Å². The number of fused-ring (bicyclic) bond motifs is 3. The van der Waals surface area contributed by atoms with E-state index >= 15 is 0 Å². The first-order valence-electron chi connectivity index (χ1n) is 13.3. The van der Waals surface area contributed by atoms with E-state index < -0.39 is 0 Å². The number of benzene rings is 1. The van der Waals surface area contributed by atoms with Gasteiger partial charge in [0.25, 0.3) is 11.5 Å². The second-order valence-electron chi connectivity index (χ2n) is 10.5. The Kier molecular flexibility index (Phi) is 5.51. The number of hydrogen-bond donors (Lipinski definition) is 1. The number of pyridine rings is 1. The highest BCUT2D eigenvalue weighted by Crippen LogP contribution is 2.37. The van der Waals surface area contributed by atoms with Crippen LogP contribution in [0.2, 0.25) is 0 Å². The lowest BCUT2D eigenvalue weighted by Gasteiger charge is -2.29. The smallest absolute Gasteiger partial charge is 0.274 e. The molecule has 0 unspecified atom stereocenters. The molecule has 7 rings (SSSR count). The number of amides is 1. The lowest BCUT2D eigenvalue weighted by molar-refractivity contribution is 0.0764. The summed E-state index contributed by atoms with van der Waals surface area (Å²) in [4.78, 5) is 40.4. The van der Waals surface area contributed by atoms with E-state index in [1.54, 1.807) is 6.20 Å². The summed E-state index contributed by atoms with van der Waals surface area (Å²) in [6.07, 6.45) is 11.1. The molecule has 3 aliphatic rings. The molecule has 1 aliphatic carbocycles. The Balaban J connectivity index is 1.22. The fraction of sp³-hybridized carbons (Fsp3) is 0.333. The van der Waals surface area contributed by atoms with Gasteiger partial charge >= 0.3 is 0 Å². The molecular weight excluding hydrogens is 478 g/mol. The predicted octanol–water partition coefficient (Wildman–Crippen LogP) is 4.40. The largest absolute Gasteiger partial charge is 0.381 e. The van der Waals surface area contributed by atoms with Crippen molar-refractivity contribution in [2.24, 2.45) is 0 Å². The summed E-state index contributed by atoms with van der Waals surface area (Å²) in [7, 11) is 0. The quantitative estimate of drug-likeness (QED) is 0.444. The average Bonchev–Trinajstić information content (AvgIpc) is 3.59. The minimum absolute atomic E-state index is 0.00191. The third-order valence-electron chi connectivity index (χ3n) is 8.26. The van der Waals surface area contributed by atoms with Crippen LogP contribution >= 0.6 is 0 Å². The maximum Gasteiger partial charge on any atom is 0.274 e. The van der Waals surface area contributed by atoms with Gasteiger partial charge in [-0.3, -0.25) is 19.0 Å². The molecule has 1 fully saturated rings. The first-order chi connectivity index (χ1) is 18.6. The molecule has 4 aromatic rings. The molecule has 0 spiro atoms. The van der Waals surface area contributed by atoms with Gasteiger partial charge in [0, 0.05) is 50.2 Å². The summed E-state index contributed by atoms with van der Waals surface area (Å²) in [5.41, 5.74) is 8.51. The van der Waals surface area contributed by atoms with Gasteiger partial charge in [-0.25, -0.2) is 4.98 Å². The number of carbonyl (C=O) groups excluding carboxylic acids is 1. The number of aromatic nitrogens is 4. The number of hydrogen-bond acceptors (Lipinski definition) is 5. The number of aromatic amines is 1. The molecule has 0 atom stereocenters. The van der Waals surface area contributed by atoms with Crippen molar-refractivity contribution in [2.45, 2.75) is 38.5 Å². The minimum atomic E-state index is -0.196. The summed E-state index contributed by atoms with van der Waals surface area (Å²) in [5, 5.41) is 0. The molecule has 3 aromatic heterocycles. The van der Waals surface area contributed by atoms with Crippen molar-refractivity contribution in [2.75, 3.05) is 26.3 Å². The standard InChI is InChI=1S/C30H29N5O3/c1-18-12-26-25(33-29(36)27-16-32-28(35(26)27)20-5-10-38-11-6-20)15-24(18)30(37)34-9-4-21-13-22(14-23(21)17-34)19-2-7-31-8-3-19/h2-3,7-8,12,14-16,20H,4-6,9-11,13,17H2,1H3,(H,33,36). The maximum absolute atomic E-state index is 13.8. The number of imidazole rings is 1. The van der Waals surface area contributed by atoms with Gasteiger partial charge in [-0.15, -0.1) is 0 Å². The molecule has 8 heteroatoms. The summed E-state index contributed by atoms with van der Waals surface area (Å²) in [6, 6.07) is 7.94. The van der Waals surface area contributed by atoms with Gasteiger partial charge in [0.15, 0.2) is 0 Å². The van der Waals surface area contributed by atoms with E-state index in [4.69, 9.17) is 4.74 Å². The Labute approximate surface area is 219 Å². The van der Waals surface area contributed by atoms with Gasteiger partial charge in [-0.05, 0) is 79.1 Å². The number of nitrogens with zero attached hydrogens (tertiary/aromatic N) is 4. The second-order valence-corrected chi connectivity index (χ2v) is 10.5. The lowest BCUT2D eigenvalue weighted by atomic mass is 9.98. The molecule has 1 saturated heterocycles. The van der Waals surface area contributed by atoms with Crippen LogP contribution in [-0.4, -0.2) is 56.5 Å². The van der Waals surface area contributed by atoms with E-state index in [0.29, 0.717) is 42.9 Å². The Bertz CT molecular complexity index is 1710. The first kappa shape index (κ1) is 23.1. The molecule has 192 valence electrons. The van der Waals surface area contributed by atoms with Crippen molar-refractivity contribution in [3.8, 4) is 0 Å². The molecule has 0 bridgehead atoms. The van der Waals surface area contributed by atoms with Crippen molar-refractivity contribution in [1.29, 1.82) is 0 Å². The number of aryl methyl sites for hydroxylation is 1. The van der Waals surface area contributed by atoms with Crippen molar-refractivity contribution >= 4 is 28.0 Å². The topological polar surface area (TPSA) is 92.6 Å². The number of ether oxygens (including phenoxy) is 1. The maximum atomic E-state index is 13.8. The highest BCUT2D eigenvalue weighted by atomic mass is 16.5. The molecule has 1 N–H and O–H groups in total. The van der Waals surface area contributed by atoms with Gasteiger partial charge in [0.05, 0.1) is 17.2 Å². The number of nitrogens with one attached hydrogen (secondary N) is 1. The predicted molar refractivity (Wildman–Crippen MR) is 145 cm³/mol. The van der Waals surface area contributed by atoms with Crippen LogP contribution in [0.25, 0.3) is 22.1 Å². The highest BCUT2D eigenvalue weighted by molar-refractivity contribution is 5.99. The van der Waals surface area contributed by atoms with E-state index in [9.17, 15) is 9.59 Å². The van der Waals surface area contributed by atoms with Gasteiger partial charge in [0.1, 0.15) is 11.3 Å². The van der Waals surface area contributed by atoms with Crippen LogP contribution in [0.1, 0.15) is 58.9 Å². The first-order valence-corrected chi connectivity index (χ1v) is 13.3. The Morgan fingerprint density at radius 3 is 2.76 bits per heavy atom. The normalized spacial score (nSPS) is 18.3. The minimum Gasteiger partial charge on any atom is -0.381 e. The number of allylic oxidation sites excluding steroid dienone is 1. The van der Waals surface area contributed by atoms with Crippen LogP contribution in [-0.2, 0) is 4.74 Å². The Morgan fingerprint density at radius 2 is 1.95 bits per heavy atom. The average molecular weight is 508 g/mol. The fourth-order valence-corrected chi connectivity index (χ4v) is 6.18. The van der Waals surface area contributed by atoms with Crippen LogP contribution in [0.5, 0.6) is 0 Å². The molecule has 8 nitrogen and oxygen atoms in total. The van der Waals surface area contributed by atoms with Crippen molar-refractivity contribution in [1.82, 2.24) is 24.3 Å².